The molecule has 0 atom stereocenters. The minimum absolute atomic E-state index is 0.132. The summed E-state index contributed by atoms with van der Waals surface area (Å²) in [4.78, 5) is 36.1. The molecule has 1 spiro atoms. The average Bonchev–Trinajstić information content (AvgIpc) is 3.13. The highest BCUT2D eigenvalue weighted by Gasteiger charge is 2.54. The lowest BCUT2D eigenvalue weighted by molar-refractivity contribution is -0.167. The first-order valence-electron chi connectivity index (χ1n) is 11.2. The Balaban J connectivity index is 1.73. The van der Waals surface area contributed by atoms with Gasteiger partial charge in [0.2, 0.25) is 0 Å². The molecular formula is C26H16F6N2O5. The van der Waals surface area contributed by atoms with E-state index in [4.69, 9.17) is 9.47 Å². The van der Waals surface area contributed by atoms with Gasteiger partial charge >= 0.3 is 30.1 Å². The van der Waals surface area contributed by atoms with Crippen LogP contribution in [0.25, 0.3) is 0 Å². The van der Waals surface area contributed by atoms with Crippen LogP contribution in [0.2, 0.25) is 0 Å². The molecule has 13 heteroatoms. The number of alkyl halides is 6. The SMILES string of the molecule is Cc1cc2c(cc1NC(=O)C(F)(F)F)Oc1cc(NC(=O)C(F)(F)F)c(C)cc1C21OC(=O)c2ccccc21. The van der Waals surface area contributed by atoms with Gasteiger partial charge in [-0.15, -0.1) is 0 Å². The van der Waals surface area contributed by atoms with Crippen LogP contribution in [0.15, 0.2) is 48.5 Å². The average molecular weight is 550 g/mol. The van der Waals surface area contributed by atoms with Crippen LogP contribution in [0.1, 0.15) is 38.2 Å². The van der Waals surface area contributed by atoms with E-state index in [0.717, 1.165) is 12.1 Å². The largest absolute Gasteiger partial charge is 0.471 e. The van der Waals surface area contributed by atoms with Gasteiger partial charge in [0.15, 0.2) is 5.60 Å². The maximum Gasteiger partial charge on any atom is 0.471 e. The van der Waals surface area contributed by atoms with Gasteiger partial charge in [0, 0.05) is 40.2 Å². The highest BCUT2D eigenvalue weighted by molar-refractivity contribution is 5.99. The van der Waals surface area contributed by atoms with Crippen molar-refractivity contribution >= 4 is 29.2 Å². The second kappa shape index (κ2) is 8.48. The number of carbonyl (C=O) groups is 3. The fourth-order valence-corrected chi connectivity index (χ4v) is 4.63. The quantitative estimate of drug-likeness (QED) is 0.308. The highest BCUT2D eigenvalue weighted by Crippen LogP contribution is 2.57. The Morgan fingerprint density at radius 3 is 1.67 bits per heavy atom. The normalized spacial score (nSPS) is 15.0. The monoisotopic (exact) mass is 550 g/mol. The van der Waals surface area contributed by atoms with Crippen LogP contribution in [0, 0.1) is 13.8 Å². The van der Waals surface area contributed by atoms with Gasteiger partial charge < -0.3 is 20.1 Å². The molecule has 2 aliphatic heterocycles. The number of hydrogen-bond acceptors (Lipinski definition) is 5. The van der Waals surface area contributed by atoms with Gasteiger partial charge in [0.25, 0.3) is 0 Å². The van der Waals surface area contributed by atoms with E-state index in [0.29, 0.717) is 5.56 Å². The molecule has 202 valence electrons. The predicted molar refractivity (Wildman–Crippen MR) is 124 cm³/mol. The lowest BCUT2D eigenvalue weighted by Crippen LogP contribution is -2.34. The highest BCUT2D eigenvalue weighted by atomic mass is 19.4. The maximum absolute atomic E-state index is 12.9. The van der Waals surface area contributed by atoms with Gasteiger partial charge in [0.05, 0.1) is 5.56 Å². The number of nitrogens with one attached hydrogen (secondary N) is 2. The van der Waals surface area contributed by atoms with Crippen molar-refractivity contribution in [1.29, 1.82) is 0 Å². The Kier molecular flexibility index (Phi) is 5.67. The fraction of sp³-hybridized carbons (Fsp3) is 0.192. The molecule has 3 aromatic carbocycles. The molecule has 7 nitrogen and oxygen atoms in total. The molecular weight excluding hydrogens is 534 g/mol. The van der Waals surface area contributed by atoms with Crippen LogP contribution in [-0.4, -0.2) is 30.1 Å². The van der Waals surface area contributed by atoms with E-state index in [1.165, 1.54) is 32.0 Å². The van der Waals surface area contributed by atoms with Crippen molar-refractivity contribution in [2.45, 2.75) is 31.8 Å². The number of anilines is 2. The molecule has 2 N–H and O–H groups in total. The summed E-state index contributed by atoms with van der Waals surface area (Å²) in [6, 6.07) is 11.3. The number of aryl methyl sites for hydroxylation is 2. The van der Waals surface area contributed by atoms with Crippen molar-refractivity contribution in [2.24, 2.45) is 0 Å². The number of halogens is 6. The molecule has 0 aromatic heterocycles. The van der Waals surface area contributed by atoms with Gasteiger partial charge in [-0.1, -0.05) is 18.2 Å². The summed E-state index contributed by atoms with van der Waals surface area (Å²) in [5, 5.41) is 3.52. The van der Waals surface area contributed by atoms with E-state index in [1.54, 1.807) is 28.8 Å². The summed E-state index contributed by atoms with van der Waals surface area (Å²) in [6.45, 7) is 2.86. The standard InChI is InChI=1S/C26H16F6N2O5/c1-11-7-15-19(9-17(11)33-22(36)25(27,28)29)38-20-10-18(34-23(37)26(30,31)32)12(2)8-16(20)24(15)14-6-4-3-5-13(14)21(35)39-24/h3-10H,1-2H3,(H,33,36)(H,34,37). The van der Waals surface area contributed by atoms with Gasteiger partial charge in [-0.3, -0.25) is 9.59 Å². The molecule has 0 radical (unpaired) electrons. The number of fused-ring (bicyclic) bond motifs is 6. The molecule has 0 saturated heterocycles. The van der Waals surface area contributed by atoms with E-state index in [9.17, 15) is 40.7 Å². The summed E-state index contributed by atoms with van der Waals surface area (Å²) in [5.41, 5.74) is -0.868. The van der Waals surface area contributed by atoms with E-state index in [-0.39, 0.29) is 50.7 Å². The molecule has 0 aliphatic carbocycles. The first kappa shape index (κ1) is 26.1. The molecule has 2 amide bonds. The van der Waals surface area contributed by atoms with Crippen LogP contribution in [0.4, 0.5) is 37.7 Å². The number of hydrogen-bond donors (Lipinski definition) is 2. The first-order chi connectivity index (χ1) is 18.1. The molecule has 0 unspecified atom stereocenters. The Labute approximate surface area is 215 Å². The number of esters is 1. The van der Waals surface area contributed by atoms with E-state index in [1.807, 2.05) is 0 Å². The molecule has 0 bridgehead atoms. The Morgan fingerprint density at radius 1 is 0.744 bits per heavy atom. The summed E-state index contributed by atoms with van der Waals surface area (Å²) in [5.74, 6) is -5.45. The number of amides is 2. The molecule has 39 heavy (non-hydrogen) atoms. The van der Waals surface area contributed by atoms with Crippen molar-refractivity contribution in [3.8, 4) is 11.5 Å². The van der Waals surface area contributed by atoms with E-state index < -0.39 is 35.7 Å². The molecule has 5 rings (SSSR count). The van der Waals surface area contributed by atoms with Crippen LogP contribution in [0.3, 0.4) is 0 Å². The second-order valence-corrected chi connectivity index (χ2v) is 8.95. The summed E-state index contributed by atoms with van der Waals surface area (Å²) in [6.07, 6.45) is -10.4. The Bertz CT molecular complexity index is 1490. The van der Waals surface area contributed by atoms with Crippen LogP contribution in [-0.2, 0) is 19.9 Å². The molecule has 0 fully saturated rings. The summed E-state index contributed by atoms with van der Waals surface area (Å²) >= 11 is 0. The number of carbonyl (C=O) groups excluding carboxylic acids is 3. The third-order valence-corrected chi connectivity index (χ3v) is 6.42. The predicted octanol–water partition coefficient (Wildman–Crippen LogP) is 5.87. The smallest absolute Gasteiger partial charge is 0.456 e. The topological polar surface area (TPSA) is 93.7 Å². The lowest BCUT2D eigenvalue weighted by atomic mass is 9.76. The van der Waals surface area contributed by atoms with Crippen molar-refractivity contribution in [3.05, 3.63) is 81.9 Å². The zero-order valence-electron chi connectivity index (χ0n) is 19.9. The third-order valence-electron chi connectivity index (χ3n) is 6.42. The van der Waals surface area contributed by atoms with E-state index in [2.05, 4.69) is 0 Å². The van der Waals surface area contributed by atoms with E-state index >= 15 is 0 Å². The van der Waals surface area contributed by atoms with Crippen molar-refractivity contribution < 1.29 is 50.2 Å². The van der Waals surface area contributed by atoms with Crippen molar-refractivity contribution in [3.63, 3.8) is 0 Å². The maximum atomic E-state index is 12.9. The fourth-order valence-electron chi connectivity index (χ4n) is 4.63. The van der Waals surface area contributed by atoms with Gasteiger partial charge in [-0.05, 0) is 43.2 Å². The number of ether oxygens (including phenoxy) is 2. The summed E-state index contributed by atoms with van der Waals surface area (Å²) in [7, 11) is 0. The van der Waals surface area contributed by atoms with Crippen molar-refractivity contribution in [2.75, 3.05) is 10.6 Å². The number of benzene rings is 3. The zero-order chi connectivity index (χ0) is 28.5. The Hall–Kier alpha value is -4.55. The van der Waals surface area contributed by atoms with Crippen molar-refractivity contribution in [1.82, 2.24) is 0 Å². The minimum atomic E-state index is -5.18. The third kappa shape index (κ3) is 4.14. The molecule has 0 saturated carbocycles. The summed E-state index contributed by atoms with van der Waals surface area (Å²) < 4.78 is 89.2. The second-order valence-electron chi connectivity index (χ2n) is 8.95. The lowest BCUT2D eigenvalue weighted by Gasteiger charge is -2.37. The van der Waals surface area contributed by atoms with Gasteiger partial charge in [-0.2, -0.15) is 26.3 Å². The molecule has 2 heterocycles. The first-order valence-corrected chi connectivity index (χ1v) is 11.2. The molecule has 3 aromatic rings. The van der Waals surface area contributed by atoms with Gasteiger partial charge in [0.1, 0.15) is 11.5 Å². The van der Waals surface area contributed by atoms with Crippen LogP contribution in [0.5, 0.6) is 11.5 Å². The Morgan fingerprint density at radius 2 is 1.21 bits per heavy atom. The van der Waals surface area contributed by atoms with Gasteiger partial charge in [-0.25, -0.2) is 4.79 Å². The zero-order valence-corrected chi connectivity index (χ0v) is 19.9. The number of rotatable bonds is 2. The van der Waals surface area contributed by atoms with Crippen LogP contribution < -0.4 is 15.4 Å². The van der Waals surface area contributed by atoms with Crippen LogP contribution >= 0.6 is 0 Å². The minimum Gasteiger partial charge on any atom is -0.456 e. The molecule has 2 aliphatic rings.